The molecule has 0 aliphatic carbocycles. The molecule has 0 spiro atoms. The quantitative estimate of drug-likeness (QED) is 0.102. The molecule has 10 amide bonds. The number of nitrogens with zero attached hydrogens (tertiary/aromatic N) is 7. The van der Waals surface area contributed by atoms with E-state index < -0.39 is 161 Å². The minimum Gasteiger partial charge on any atom is -0.390 e. The number of carbonyl (C=O) groups excluding carboxylic acids is 11. The van der Waals surface area contributed by atoms with Crippen molar-refractivity contribution in [2.75, 3.05) is 55.9 Å². The van der Waals surface area contributed by atoms with E-state index in [4.69, 9.17) is 0 Å². The maximum atomic E-state index is 15.2. The van der Waals surface area contributed by atoms with Crippen molar-refractivity contribution in [2.45, 2.75) is 228 Å². The Kier molecular flexibility index (Phi) is 31.9. The van der Waals surface area contributed by atoms with Crippen LogP contribution in [0.25, 0.3) is 0 Å². The fourth-order valence-corrected chi connectivity index (χ4v) is 10.9. The summed E-state index contributed by atoms with van der Waals surface area (Å²) in [6.45, 7) is 32.2. The summed E-state index contributed by atoms with van der Waals surface area (Å²) in [6.07, 6.45) is 2.45. The van der Waals surface area contributed by atoms with E-state index in [1.165, 1.54) is 102 Å². The van der Waals surface area contributed by atoms with Gasteiger partial charge in [0.05, 0.1) is 30.0 Å². The minimum atomic E-state index is -1.65. The molecule has 0 radical (unpaired) electrons. The van der Waals surface area contributed by atoms with E-state index in [-0.39, 0.29) is 62.0 Å². The molecule has 24 heteroatoms. The number of nitrogens with one attached hydrogen (secondary N) is 4. The molecule has 0 bridgehead atoms. The highest BCUT2D eigenvalue weighted by atomic mass is 16.3. The highest BCUT2D eigenvalue weighted by Gasteiger charge is 2.46. The average Bonchev–Trinajstić information content (AvgIpc) is 1.54. The molecular formula is C64H113N11O13. The maximum Gasteiger partial charge on any atom is 0.249 e. The van der Waals surface area contributed by atoms with Crippen LogP contribution < -0.4 is 21.3 Å². The molecule has 6 N–H and O–H groups in total. The standard InChI is InChI=1S/C64H113N11O13/c1-26-28-29-40(13)53(77)52-57(81)67-44(27-2)59(83)70(20)43(16)49(76)34-69(19)48(33-64(17,18)88)56(80)68-50(38(9)10)62(86)71(21)45(30-35(3)4)55(79)65-41(14)54(78)66-42(15)58(82)72(22)46(31-36(5)6)60(84)73(23)47(32-37(7)8)61(85)74(24)51(39(11)12)63(87)75(52)25/h26,28,35-42,44-48,50-53,77,88H,16,27,29-34H2,1-15,17-25H3,(H,65,79)(H,66,78)(H,67,81)(H,68,80)/b28-26+/t40-,41+,42-,44+,45+,46+,47+,48+,50+,51+,52+,53-/m1/s1. The maximum absolute atomic E-state index is 15.2. The predicted octanol–water partition coefficient (Wildman–Crippen LogP) is 2.94. The lowest BCUT2D eigenvalue weighted by atomic mass is 9.91. The molecule has 0 saturated carbocycles. The lowest BCUT2D eigenvalue weighted by molar-refractivity contribution is -0.157. The number of carbonyl (C=O) groups is 11. The summed E-state index contributed by atoms with van der Waals surface area (Å²) in [7, 11) is 9.77. The van der Waals surface area contributed by atoms with Gasteiger partial charge >= 0.3 is 0 Å². The second kappa shape index (κ2) is 35.2. The van der Waals surface area contributed by atoms with Gasteiger partial charge in [-0.25, -0.2) is 0 Å². The molecule has 1 fully saturated rings. The predicted molar refractivity (Wildman–Crippen MR) is 339 cm³/mol. The summed E-state index contributed by atoms with van der Waals surface area (Å²) >= 11 is 0. The van der Waals surface area contributed by atoms with Crippen LogP contribution in [0.3, 0.4) is 0 Å². The Morgan fingerprint density at radius 1 is 0.545 bits per heavy atom. The molecule has 88 heavy (non-hydrogen) atoms. The van der Waals surface area contributed by atoms with E-state index in [2.05, 4.69) is 27.8 Å². The number of hydrogen-bond acceptors (Lipinski definition) is 14. The van der Waals surface area contributed by atoms with Crippen molar-refractivity contribution in [3.8, 4) is 0 Å². The highest BCUT2D eigenvalue weighted by molar-refractivity contribution is 6.02. The average molecular weight is 1240 g/mol. The molecule has 0 aromatic carbocycles. The van der Waals surface area contributed by atoms with Crippen molar-refractivity contribution >= 4 is 64.9 Å². The third-order valence-corrected chi connectivity index (χ3v) is 16.4. The third kappa shape index (κ3) is 22.3. The SMILES string of the molecule is C=C1C(=O)CN(C)[C@@H](CC(C)(C)O)C(=O)N[C@@H](C(C)C)C(=O)N(C)[C@@H](CC(C)C)C(=O)N[C@@H](C)C(=O)N[C@H](C)C(=O)N(C)[C@@H](CC(C)C)C(=O)N(C)[C@@H](CC(C)C)C(=O)N(C)[C@@H](C(C)C)C(=O)N(C)[C@@H]([C@H](O)[C@H](C)C/C=C/C)C(=O)N[C@@H](CC)C(=O)N1C. The monoisotopic (exact) mass is 1240 g/mol. The third-order valence-electron chi connectivity index (χ3n) is 16.4. The van der Waals surface area contributed by atoms with E-state index in [0.717, 1.165) is 9.80 Å². The minimum absolute atomic E-state index is 0.0292. The molecule has 24 nitrogen and oxygen atoms in total. The topological polar surface area (TPSA) is 299 Å². The summed E-state index contributed by atoms with van der Waals surface area (Å²) in [5.41, 5.74) is -1.82. The fraction of sp³-hybridized carbons (Fsp3) is 0.766. The van der Waals surface area contributed by atoms with Gasteiger partial charge in [0, 0.05) is 48.7 Å². The van der Waals surface area contributed by atoms with Crippen LogP contribution in [0.2, 0.25) is 0 Å². The molecule has 1 aliphatic heterocycles. The zero-order chi connectivity index (χ0) is 68.5. The van der Waals surface area contributed by atoms with E-state index in [1.807, 2.05) is 41.5 Å². The number of allylic oxidation sites excluding steroid dienone is 2. The Labute approximate surface area is 525 Å². The van der Waals surface area contributed by atoms with Gasteiger partial charge in [-0.15, -0.1) is 0 Å². The summed E-state index contributed by atoms with van der Waals surface area (Å²) in [5, 5.41) is 34.1. The first kappa shape index (κ1) is 79.7. The van der Waals surface area contributed by atoms with E-state index in [1.54, 1.807) is 60.6 Å². The molecule has 0 aromatic rings. The molecule has 0 unspecified atom stereocenters. The molecule has 502 valence electrons. The summed E-state index contributed by atoms with van der Waals surface area (Å²) in [4.78, 5) is 169. The molecule has 0 aromatic heterocycles. The van der Waals surface area contributed by atoms with Gasteiger partial charge in [0.15, 0.2) is 5.78 Å². The van der Waals surface area contributed by atoms with Crippen LogP contribution >= 0.6 is 0 Å². The second-order valence-electron chi connectivity index (χ2n) is 27.0. The van der Waals surface area contributed by atoms with Crippen molar-refractivity contribution in [3.63, 3.8) is 0 Å². The van der Waals surface area contributed by atoms with E-state index in [9.17, 15) is 53.4 Å². The Bertz CT molecular complexity index is 2480. The van der Waals surface area contributed by atoms with Crippen LogP contribution in [0.4, 0.5) is 0 Å². The number of Topliss-reactive ketones (excluding diaryl/α,β-unsaturated/α-hetero) is 1. The lowest BCUT2D eigenvalue weighted by Gasteiger charge is -2.41. The molecular weight excluding hydrogens is 1130 g/mol. The first-order valence-corrected chi connectivity index (χ1v) is 31.2. The normalized spacial score (nSPS) is 26.9. The van der Waals surface area contributed by atoms with Crippen molar-refractivity contribution in [2.24, 2.45) is 35.5 Å². The Morgan fingerprint density at radius 3 is 1.44 bits per heavy atom. The smallest absolute Gasteiger partial charge is 0.249 e. The van der Waals surface area contributed by atoms with Crippen LogP contribution in [-0.4, -0.2) is 237 Å². The van der Waals surface area contributed by atoms with Gasteiger partial charge in [-0.1, -0.05) is 102 Å². The number of aliphatic hydroxyl groups is 2. The van der Waals surface area contributed by atoms with Gasteiger partial charge in [-0.3, -0.25) is 57.6 Å². The van der Waals surface area contributed by atoms with E-state index >= 15 is 9.59 Å². The number of amides is 10. The summed E-state index contributed by atoms with van der Waals surface area (Å²) < 4.78 is 0. The van der Waals surface area contributed by atoms with Gasteiger partial charge < -0.3 is 60.9 Å². The lowest BCUT2D eigenvalue weighted by Crippen LogP contribution is -2.63. The van der Waals surface area contributed by atoms with Crippen molar-refractivity contribution in [1.82, 2.24) is 55.6 Å². The summed E-state index contributed by atoms with van der Waals surface area (Å²) in [5.74, 6) is -10.2. The fourth-order valence-electron chi connectivity index (χ4n) is 10.9. The van der Waals surface area contributed by atoms with Gasteiger partial charge in [-0.05, 0) is 109 Å². The molecule has 1 heterocycles. The summed E-state index contributed by atoms with van der Waals surface area (Å²) in [6, 6.07) is -12.8. The zero-order valence-corrected chi connectivity index (χ0v) is 57.6. The van der Waals surface area contributed by atoms with Crippen LogP contribution in [0, 0.1) is 35.5 Å². The Balaban J connectivity index is 4.35. The van der Waals surface area contributed by atoms with Crippen molar-refractivity contribution in [3.05, 3.63) is 24.4 Å². The zero-order valence-electron chi connectivity index (χ0n) is 57.6. The number of likely N-dealkylation sites (N-methyl/N-ethyl adjacent to an activating group) is 7. The van der Waals surface area contributed by atoms with Gasteiger partial charge in [0.2, 0.25) is 59.1 Å². The number of hydrogen-bond donors (Lipinski definition) is 6. The molecule has 1 saturated heterocycles. The van der Waals surface area contributed by atoms with Gasteiger partial charge in [-0.2, -0.15) is 0 Å². The molecule has 1 aliphatic rings. The Hall–Kier alpha value is -6.27. The molecule has 12 atom stereocenters. The first-order chi connectivity index (χ1) is 40.4. The number of rotatable bonds is 15. The van der Waals surface area contributed by atoms with Crippen LogP contribution in [-0.2, 0) is 52.7 Å². The van der Waals surface area contributed by atoms with Gasteiger partial charge in [0.25, 0.3) is 0 Å². The highest BCUT2D eigenvalue weighted by Crippen LogP contribution is 2.26. The van der Waals surface area contributed by atoms with Crippen LogP contribution in [0.5, 0.6) is 0 Å². The number of ketones is 1. The van der Waals surface area contributed by atoms with Crippen LogP contribution in [0.15, 0.2) is 24.4 Å². The van der Waals surface area contributed by atoms with Gasteiger partial charge in [0.1, 0.15) is 54.4 Å². The van der Waals surface area contributed by atoms with Crippen molar-refractivity contribution < 1.29 is 63.0 Å². The largest absolute Gasteiger partial charge is 0.390 e. The number of aliphatic hydroxyl groups excluding tert-OH is 1. The van der Waals surface area contributed by atoms with E-state index in [0.29, 0.717) is 0 Å². The van der Waals surface area contributed by atoms with Crippen LogP contribution in [0.1, 0.15) is 156 Å². The Morgan fingerprint density at radius 2 is 0.989 bits per heavy atom. The second-order valence-corrected chi connectivity index (χ2v) is 27.0. The van der Waals surface area contributed by atoms with Crippen molar-refractivity contribution in [1.29, 1.82) is 0 Å². The molecule has 1 rings (SSSR count). The first-order valence-electron chi connectivity index (χ1n) is 31.2.